The Morgan fingerprint density at radius 1 is 1.47 bits per heavy atom. The minimum absolute atomic E-state index is 0.256. The lowest BCUT2D eigenvalue weighted by Gasteiger charge is -2.12. The van der Waals surface area contributed by atoms with Crippen LogP contribution in [0.3, 0.4) is 0 Å². The molecule has 78 valence electrons. The molecule has 0 aliphatic rings. The Bertz CT molecular complexity index is 426. The van der Waals surface area contributed by atoms with Crippen molar-refractivity contribution in [3.05, 3.63) is 47.9 Å². The number of rotatable bonds is 3. The van der Waals surface area contributed by atoms with Crippen LogP contribution in [0.5, 0.6) is 0 Å². The van der Waals surface area contributed by atoms with Crippen LogP contribution in [0, 0.1) is 6.92 Å². The summed E-state index contributed by atoms with van der Waals surface area (Å²) in [6.45, 7) is 1.96. The van der Waals surface area contributed by atoms with E-state index in [4.69, 9.17) is 10.3 Å². The first kappa shape index (κ1) is 9.82. The van der Waals surface area contributed by atoms with Crippen molar-refractivity contribution in [2.45, 2.75) is 13.0 Å². The predicted molar refractivity (Wildman–Crippen MR) is 54.6 cm³/mol. The maximum Gasteiger partial charge on any atom is 0.131 e. The highest BCUT2D eigenvalue weighted by Gasteiger charge is 2.18. The summed E-state index contributed by atoms with van der Waals surface area (Å²) in [5.41, 5.74) is 4.43. The van der Waals surface area contributed by atoms with Crippen molar-refractivity contribution in [1.82, 2.24) is 15.4 Å². The molecule has 0 aromatic carbocycles. The van der Waals surface area contributed by atoms with Gasteiger partial charge in [-0.2, -0.15) is 0 Å². The summed E-state index contributed by atoms with van der Waals surface area (Å²) in [4.78, 5) is 8.18. The smallest absolute Gasteiger partial charge is 0.131 e. The van der Waals surface area contributed by atoms with Gasteiger partial charge in [0.2, 0.25) is 0 Å². The van der Waals surface area contributed by atoms with Crippen LogP contribution < -0.4 is 11.3 Å². The highest BCUT2D eigenvalue weighted by atomic mass is 16.3. The lowest BCUT2D eigenvalue weighted by Crippen LogP contribution is -2.29. The van der Waals surface area contributed by atoms with E-state index in [1.165, 1.54) is 0 Å². The average molecular weight is 204 g/mol. The van der Waals surface area contributed by atoms with E-state index < -0.39 is 0 Å². The molecule has 2 rings (SSSR count). The summed E-state index contributed by atoms with van der Waals surface area (Å²) >= 11 is 0. The topological polar surface area (TPSA) is 77.0 Å². The summed E-state index contributed by atoms with van der Waals surface area (Å²) in [7, 11) is 0. The van der Waals surface area contributed by atoms with Gasteiger partial charge in [-0.1, -0.05) is 0 Å². The molecule has 3 N–H and O–H groups in total. The van der Waals surface area contributed by atoms with E-state index in [-0.39, 0.29) is 6.04 Å². The molecule has 2 aromatic rings. The monoisotopic (exact) mass is 204 g/mol. The quantitative estimate of drug-likeness (QED) is 0.574. The van der Waals surface area contributed by atoms with Gasteiger partial charge in [0, 0.05) is 12.4 Å². The summed E-state index contributed by atoms with van der Waals surface area (Å²) in [6.07, 6.45) is 6.53. The zero-order valence-electron chi connectivity index (χ0n) is 8.34. The van der Waals surface area contributed by atoms with Gasteiger partial charge in [0.25, 0.3) is 0 Å². The highest BCUT2D eigenvalue weighted by molar-refractivity contribution is 5.24. The third kappa shape index (κ3) is 1.88. The van der Waals surface area contributed by atoms with Crippen LogP contribution in [-0.2, 0) is 0 Å². The van der Waals surface area contributed by atoms with Crippen LogP contribution in [0.25, 0.3) is 0 Å². The fourth-order valence-electron chi connectivity index (χ4n) is 1.44. The molecule has 0 amide bonds. The number of aryl methyl sites for hydroxylation is 1. The number of hydrogen-bond donors (Lipinski definition) is 2. The average Bonchev–Trinajstić information content (AvgIpc) is 2.68. The van der Waals surface area contributed by atoms with Gasteiger partial charge in [0.1, 0.15) is 11.8 Å². The number of hydrogen-bond acceptors (Lipinski definition) is 5. The van der Waals surface area contributed by atoms with Gasteiger partial charge in [0.15, 0.2) is 0 Å². The second-order valence-electron chi connectivity index (χ2n) is 3.20. The van der Waals surface area contributed by atoms with E-state index in [9.17, 15) is 0 Å². The van der Waals surface area contributed by atoms with E-state index in [1.54, 1.807) is 24.9 Å². The molecule has 0 bridgehead atoms. The number of nitrogens with one attached hydrogen (secondary N) is 1. The Balaban J connectivity index is 2.37. The summed E-state index contributed by atoms with van der Waals surface area (Å²) < 4.78 is 5.36. The molecule has 15 heavy (non-hydrogen) atoms. The van der Waals surface area contributed by atoms with Crippen molar-refractivity contribution in [3.8, 4) is 0 Å². The molecular formula is C10H12N4O. The van der Waals surface area contributed by atoms with Crippen molar-refractivity contribution < 1.29 is 4.42 Å². The number of aromatic nitrogens is 2. The minimum Gasteiger partial charge on any atom is -0.467 e. The summed E-state index contributed by atoms with van der Waals surface area (Å²) in [6, 6.07) is 1.63. The number of furan rings is 1. The van der Waals surface area contributed by atoms with E-state index in [0.717, 1.165) is 17.0 Å². The molecule has 0 aliphatic carbocycles. The Labute approximate surface area is 87.3 Å². The van der Waals surface area contributed by atoms with Gasteiger partial charge < -0.3 is 4.42 Å². The molecule has 0 spiro atoms. The van der Waals surface area contributed by atoms with Gasteiger partial charge in [-0.3, -0.25) is 15.8 Å². The summed E-state index contributed by atoms with van der Waals surface area (Å²) in [5, 5.41) is 0. The third-order valence-corrected chi connectivity index (χ3v) is 2.21. The van der Waals surface area contributed by atoms with Gasteiger partial charge in [0.05, 0.1) is 18.2 Å². The Kier molecular flexibility index (Phi) is 2.75. The van der Waals surface area contributed by atoms with E-state index in [1.807, 2.05) is 13.0 Å². The Morgan fingerprint density at radius 3 is 2.87 bits per heavy atom. The van der Waals surface area contributed by atoms with Crippen molar-refractivity contribution in [2.75, 3.05) is 0 Å². The molecule has 0 saturated heterocycles. The second kappa shape index (κ2) is 4.20. The Hall–Kier alpha value is -1.72. The van der Waals surface area contributed by atoms with Crippen LogP contribution in [0.15, 0.2) is 35.3 Å². The predicted octanol–water partition coefficient (Wildman–Crippen LogP) is 0.931. The van der Waals surface area contributed by atoms with Crippen molar-refractivity contribution in [1.29, 1.82) is 0 Å². The Morgan fingerprint density at radius 2 is 2.33 bits per heavy atom. The van der Waals surface area contributed by atoms with Gasteiger partial charge in [-0.25, -0.2) is 5.43 Å². The fraction of sp³-hybridized carbons (Fsp3) is 0.200. The lowest BCUT2D eigenvalue weighted by atomic mass is 10.1. The first-order chi connectivity index (χ1) is 7.33. The zero-order chi connectivity index (χ0) is 10.7. The standard InChI is InChI=1S/C10H12N4O/c1-7-2-5-15-10(7)9(14-11)8-6-12-3-4-13-8/h2-6,9,14H,11H2,1H3. The van der Waals surface area contributed by atoms with Crippen LogP contribution >= 0.6 is 0 Å². The van der Waals surface area contributed by atoms with Crippen molar-refractivity contribution in [3.63, 3.8) is 0 Å². The molecule has 2 aromatic heterocycles. The van der Waals surface area contributed by atoms with Gasteiger partial charge in [-0.05, 0) is 18.6 Å². The lowest BCUT2D eigenvalue weighted by molar-refractivity contribution is 0.443. The van der Waals surface area contributed by atoms with E-state index in [2.05, 4.69) is 15.4 Å². The highest BCUT2D eigenvalue weighted by Crippen LogP contribution is 2.22. The normalized spacial score (nSPS) is 12.7. The summed E-state index contributed by atoms with van der Waals surface area (Å²) in [5.74, 6) is 6.25. The first-order valence-electron chi connectivity index (χ1n) is 4.59. The molecule has 0 fully saturated rings. The number of nitrogens with two attached hydrogens (primary N) is 1. The van der Waals surface area contributed by atoms with Crippen LogP contribution in [-0.4, -0.2) is 9.97 Å². The number of hydrazine groups is 1. The van der Waals surface area contributed by atoms with Crippen LogP contribution in [0.2, 0.25) is 0 Å². The van der Waals surface area contributed by atoms with Gasteiger partial charge in [-0.15, -0.1) is 0 Å². The SMILES string of the molecule is Cc1ccoc1C(NN)c1cnccn1. The maximum absolute atomic E-state index is 5.49. The molecule has 2 heterocycles. The van der Waals surface area contributed by atoms with Crippen LogP contribution in [0.1, 0.15) is 23.1 Å². The molecule has 1 unspecified atom stereocenters. The van der Waals surface area contributed by atoms with Gasteiger partial charge >= 0.3 is 0 Å². The molecular weight excluding hydrogens is 192 g/mol. The number of nitrogens with zero attached hydrogens (tertiary/aromatic N) is 2. The molecule has 1 atom stereocenters. The molecule has 5 nitrogen and oxygen atoms in total. The van der Waals surface area contributed by atoms with Crippen molar-refractivity contribution in [2.24, 2.45) is 5.84 Å². The molecule has 0 radical (unpaired) electrons. The fourth-order valence-corrected chi connectivity index (χ4v) is 1.44. The maximum atomic E-state index is 5.49. The van der Waals surface area contributed by atoms with Crippen LogP contribution in [0.4, 0.5) is 0 Å². The van der Waals surface area contributed by atoms with E-state index in [0.29, 0.717) is 0 Å². The molecule has 5 heteroatoms. The van der Waals surface area contributed by atoms with Crippen molar-refractivity contribution >= 4 is 0 Å². The third-order valence-electron chi connectivity index (χ3n) is 2.21. The minimum atomic E-state index is -0.256. The first-order valence-corrected chi connectivity index (χ1v) is 4.59. The second-order valence-corrected chi connectivity index (χ2v) is 3.20. The molecule has 0 aliphatic heterocycles. The largest absolute Gasteiger partial charge is 0.467 e. The van der Waals surface area contributed by atoms with E-state index >= 15 is 0 Å². The zero-order valence-corrected chi connectivity index (χ0v) is 8.34. The molecule has 0 saturated carbocycles.